The molecule has 3 aromatic rings. The predicted molar refractivity (Wildman–Crippen MR) is 157 cm³/mol. The molecule has 1 unspecified atom stereocenters. The number of carbonyl (C=O) groups is 2. The Bertz CT molecular complexity index is 1330. The molecule has 1 aliphatic carbocycles. The second-order valence-electron chi connectivity index (χ2n) is 11.8. The average Bonchev–Trinajstić information content (AvgIpc) is 3.45. The van der Waals surface area contributed by atoms with E-state index in [2.05, 4.69) is 10.2 Å². The number of likely N-dealkylation sites (tertiary alicyclic amines) is 1. The van der Waals surface area contributed by atoms with E-state index in [1.54, 1.807) is 0 Å². The molecule has 1 spiro atoms. The summed E-state index contributed by atoms with van der Waals surface area (Å²) in [6.07, 6.45) is 8.01. The molecule has 2 aliphatic heterocycles. The standard InChI is InChI=1S/C33H38ClN3O3/c34-27-13-7-12-26(21-27)30-15-14-28(40-30)23-36-18-16-33(17-19-36)32(39)35-29(20-24-8-3-1-4-9-24)31(38)37(33)22-25-10-5-2-6-11-25/h2,5-7,10-15,21,24,29H,1,3-4,8-9,16-20,22-23H2,(H,35,39). The molecule has 40 heavy (non-hydrogen) atoms. The van der Waals surface area contributed by atoms with Crippen molar-refractivity contribution in [2.75, 3.05) is 13.1 Å². The van der Waals surface area contributed by atoms with E-state index < -0.39 is 11.6 Å². The normalized spacial score (nSPS) is 22.0. The molecule has 0 radical (unpaired) electrons. The maximum Gasteiger partial charge on any atom is 0.246 e. The van der Waals surface area contributed by atoms with E-state index in [1.807, 2.05) is 71.6 Å². The van der Waals surface area contributed by atoms with Crippen molar-refractivity contribution in [2.24, 2.45) is 5.92 Å². The third-order valence-electron chi connectivity index (χ3n) is 9.12. The Morgan fingerprint density at radius 1 is 0.900 bits per heavy atom. The fourth-order valence-electron chi connectivity index (χ4n) is 6.85. The summed E-state index contributed by atoms with van der Waals surface area (Å²) in [6, 6.07) is 21.3. The molecule has 0 bridgehead atoms. The van der Waals surface area contributed by atoms with Gasteiger partial charge in [-0.2, -0.15) is 0 Å². The van der Waals surface area contributed by atoms with E-state index >= 15 is 0 Å². The van der Waals surface area contributed by atoms with Gasteiger partial charge in [-0.25, -0.2) is 0 Å². The van der Waals surface area contributed by atoms with Crippen molar-refractivity contribution in [1.82, 2.24) is 15.1 Å². The summed E-state index contributed by atoms with van der Waals surface area (Å²) in [6.45, 7) is 2.56. The van der Waals surface area contributed by atoms with Crippen molar-refractivity contribution in [2.45, 2.75) is 76.0 Å². The number of piperazine rings is 1. The van der Waals surface area contributed by atoms with Gasteiger partial charge in [0.2, 0.25) is 11.8 Å². The summed E-state index contributed by atoms with van der Waals surface area (Å²) in [5, 5.41) is 3.88. The van der Waals surface area contributed by atoms with Crippen LogP contribution in [0.3, 0.4) is 0 Å². The second-order valence-corrected chi connectivity index (χ2v) is 12.2. The van der Waals surface area contributed by atoms with Crippen LogP contribution in [0.1, 0.15) is 62.7 Å². The summed E-state index contributed by atoms with van der Waals surface area (Å²) < 4.78 is 6.14. The van der Waals surface area contributed by atoms with Gasteiger partial charge in [0, 0.05) is 30.2 Å². The van der Waals surface area contributed by atoms with Gasteiger partial charge >= 0.3 is 0 Å². The van der Waals surface area contributed by atoms with Crippen LogP contribution in [-0.2, 0) is 22.7 Å². The van der Waals surface area contributed by atoms with E-state index in [4.69, 9.17) is 16.0 Å². The van der Waals surface area contributed by atoms with Gasteiger partial charge < -0.3 is 14.6 Å². The topological polar surface area (TPSA) is 65.8 Å². The zero-order valence-electron chi connectivity index (χ0n) is 23.0. The zero-order valence-corrected chi connectivity index (χ0v) is 23.7. The van der Waals surface area contributed by atoms with Crippen LogP contribution in [0.4, 0.5) is 0 Å². The SMILES string of the molecule is O=C1C(CC2CCCCC2)NC(=O)C2(CCN(Cc3ccc(-c4cccc(Cl)c4)o3)CC2)N1Cc1ccccc1. The van der Waals surface area contributed by atoms with Crippen LogP contribution in [0.25, 0.3) is 11.3 Å². The van der Waals surface area contributed by atoms with Crippen LogP contribution in [-0.4, -0.2) is 46.3 Å². The first kappa shape index (κ1) is 27.1. The first-order valence-electron chi connectivity index (χ1n) is 14.7. The van der Waals surface area contributed by atoms with Gasteiger partial charge in [0.05, 0.1) is 6.54 Å². The molecule has 210 valence electrons. The van der Waals surface area contributed by atoms with Gasteiger partial charge in [0.1, 0.15) is 23.1 Å². The van der Waals surface area contributed by atoms with E-state index in [0.29, 0.717) is 50.0 Å². The molecule has 3 aliphatic rings. The Balaban J connectivity index is 1.16. The Morgan fingerprint density at radius 2 is 1.68 bits per heavy atom. The van der Waals surface area contributed by atoms with Crippen LogP contribution < -0.4 is 5.32 Å². The van der Waals surface area contributed by atoms with Gasteiger partial charge in [-0.3, -0.25) is 14.5 Å². The monoisotopic (exact) mass is 559 g/mol. The quantitative estimate of drug-likeness (QED) is 0.362. The summed E-state index contributed by atoms with van der Waals surface area (Å²) in [5.74, 6) is 2.29. The first-order valence-corrected chi connectivity index (χ1v) is 15.1. The summed E-state index contributed by atoms with van der Waals surface area (Å²) in [5.41, 5.74) is 1.20. The molecule has 6 nitrogen and oxygen atoms in total. The number of amides is 2. The minimum atomic E-state index is -0.818. The molecular formula is C33H38ClN3O3. The first-order chi connectivity index (χ1) is 19.5. The lowest BCUT2D eigenvalue weighted by Crippen LogP contribution is -2.72. The van der Waals surface area contributed by atoms with Gasteiger partial charge in [0.25, 0.3) is 0 Å². The van der Waals surface area contributed by atoms with Crippen LogP contribution in [0.5, 0.6) is 0 Å². The molecular weight excluding hydrogens is 522 g/mol. The molecule has 7 heteroatoms. The fourth-order valence-corrected chi connectivity index (χ4v) is 7.04. The number of hydrogen-bond donors (Lipinski definition) is 1. The molecule has 6 rings (SSSR count). The summed E-state index contributed by atoms with van der Waals surface area (Å²) in [7, 11) is 0. The number of hydrogen-bond acceptors (Lipinski definition) is 4. The highest BCUT2D eigenvalue weighted by atomic mass is 35.5. The van der Waals surface area contributed by atoms with Gasteiger partial charge in [-0.1, -0.05) is 86.2 Å². The second kappa shape index (κ2) is 11.8. The van der Waals surface area contributed by atoms with Crippen LogP contribution in [0.2, 0.25) is 5.02 Å². The molecule has 1 N–H and O–H groups in total. The highest BCUT2D eigenvalue weighted by Gasteiger charge is 2.53. The highest BCUT2D eigenvalue weighted by molar-refractivity contribution is 6.30. The third-order valence-corrected chi connectivity index (χ3v) is 9.35. The zero-order chi connectivity index (χ0) is 27.5. The number of furan rings is 1. The lowest BCUT2D eigenvalue weighted by atomic mass is 9.79. The molecule has 1 saturated carbocycles. The number of rotatable bonds is 7. The summed E-state index contributed by atoms with van der Waals surface area (Å²) in [4.78, 5) is 32.1. The number of carbonyl (C=O) groups excluding carboxylic acids is 2. The van der Waals surface area contributed by atoms with Gasteiger partial charge in [-0.05, 0) is 55.0 Å². The number of nitrogens with zero attached hydrogens (tertiary/aromatic N) is 2. The molecule has 2 aromatic carbocycles. The highest BCUT2D eigenvalue weighted by Crippen LogP contribution is 2.37. The van der Waals surface area contributed by atoms with Crippen LogP contribution in [0, 0.1) is 5.92 Å². The van der Waals surface area contributed by atoms with Crippen molar-refractivity contribution >= 4 is 23.4 Å². The Hall–Kier alpha value is -3.09. The molecule has 3 heterocycles. The lowest BCUT2D eigenvalue weighted by Gasteiger charge is -2.52. The lowest BCUT2D eigenvalue weighted by molar-refractivity contribution is -0.163. The number of nitrogens with one attached hydrogen (secondary N) is 1. The predicted octanol–water partition coefficient (Wildman–Crippen LogP) is 6.43. The Morgan fingerprint density at radius 3 is 2.42 bits per heavy atom. The van der Waals surface area contributed by atoms with Crippen molar-refractivity contribution in [3.05, 3.63) is 83.1 Å². The van der Waals surface area contributed by atoms with E-state index in [0.717, 1.165) is 41.9 Å². The smallest absolute Gasteiger partial charge is 0.246 e. The number of benzene rings is 2. The van der Waals surface area contributed by atoms with Gasteiger partial charge in [-0.15, -0.1) is 0 Å². The number of piperidine rings is 1. The van der Waals surface area contributed by atoms with E-state index in [9.17, 15) is 9.59 Å². The minimum Gasteiger partial charge on any atom is -0.460 e. The maximum absolute atomic E-state index is 14.0. The van der Waals surface area contributed by atoms with Crippen LogP contribution in [0.15, 0.2) is 71.1 Å². The van der Waals surface area contributed by atoms with Crippen molar-refractivity contribution in [3.8, 4) is 11.3 Å². The van der Waals surface area contributed by atoms with Crippen molar-refractivity contribution in [1.29, 1.82) is 0 Å². The fraction of sp³-hybridized carbons (Fsp3) is 0.455. The van der Waals surface area contributed by atoms with E-state index in [1.165, 1.54) is 19.3 Å². The Labute approximate surface area is 241 Å². The average molecular weight is 560 g/mol. The molecule has 3 fully saturated rings. The third kappa shape index (κ3) is 5.70. The van der Waals surface area contributed by atoms with Crippen molar-refractivity contribution in [3.63, 3.8) is 0 Å². The molecule has 1 atom stereocenters. The minimum absolute atomic E-state index is 0.0183. The summed E-state index contributed by atoms with van der Waals surface area (Å²) >= 11 is 6.16. The molecule has 1 aromatic heterocycles. The van der Waals surface area contributed by atoms with Gasteiger partial charge in [0.15, 0.2) is 0 Å². The van der Waals surface area contributed by atoms with Crippen molar-refractivity contribution < 1.29 is 14.0 Å². The largest absolute Gasteiger partial charge is 0.460 e. The molecule has 2 amide bonds. The number of halogens is 1. The molecule has 2 saturated heterocycles. The van der Waals surface area contributed by atoms with E-state index in [-0.39, 0.29) is 11.8 Å². The Kier molecular flexibility index (Phi) is 7.99. The van der Waals surface area contributed by atoms with Crippen LogP contribution >= 0.6 is 11.6 Å². The maximum atomic E-state index is 14.0.